The van der Waals surface area contributed by atoms with Crippen LogP contribution in [0.2, 0.25) is 5.02 Å². The third-order valence-corrected chi connectivity index (χ3v) is 5.09. The number of nitrogens with one attached hydrogen (secondary N) is 1. The van der Waals surface area contributed by atoms with Gasteiger partial charge in [-0.05, 0) is 54.3 Å². The summed E-state index contributed by atoms with van der Waals surface area (Å²) >= 11 is 5.97. The van der Waals surface area contributed by atoms with E-state index < -0.39 is 11.9 Å². The van der Waals surface area contributed by atoms with E-state index >= 15 is 0 Å². The molecule has 162 valence electrons. The lowest BCUT2D eigenvalue weighted by Crippen LogP contribution is -2.71. The Hall–Kier alpha value is -2.44. The average Bonchev–Trinajstić information content (AvgIpc) is 2.65. The van der Waals surface area contributed by atoms with Crippen molar-refractivity contribution in [3.05, 3.63) is 59.1 Å². The SMILES string of the molecule is C[C@@H](O)CNC(=O)N1CC(Oc2ccc(Cl)cc2)(Oc2ccc(C(C)(C)C)cc2)C1. The van der Waals surface area contributed by atoms with Gasteiger partial charge in [-0.1, -0.05) is 44.5 Å². The molecule has 2 aromatic carbocycles. The van der Waals surface area contributed by atoms with Gasteiger partial charge in [0.15, 0.2) is 0 Å². The van der Waals surface area contributed by atoms with Crippen LogP contribution in [-0.2, 0) is 5.41 Å². The summed E-state index contributed by atoms with van der Waals surface area (Å²) in [6.45, 7) is 8.78. The maximum atomic E-state index is 12.3. The molecular formula is C23H29ClN2O4. The number of ether oxygens (including phenoxy) is 2. The van der Waals surface area contributed by atoms with Crippen molar-refractivity contribution in [2.24, 2.45) is 0 Å². The molecule has 3 rings (SSSR count). The fraction of sp³-hybridized carbons (Fsp3) is 0.435. The van der Waals surface area contributed by atoms with Gasteiger partial charge >= 0.3 is 6.03 Å². The Bertz CT molecular complexity index is 854. The molecule has 30 heavy (non-hydrogen) atoms. The minimum atomic E-state index is -1.00. The second-order valence-electron chi connectivity index (χ2n) is 8.73. The van der Waals surface area contributed by atoms with Crippen molar-refractivity contribution in [1.82, 2.24) is 10.2 Å². The largest absolute Gasteiger partial charge is 0.449 e. The molecule has 0 aromatic heterocycles. The second kappa shape index (κ2) is 8.74. The van der Waals surface area contributed by atoms with Crippen LogP contribution in [0.1, 0.15) is 33.3 Å². The molecule has 1 atom stereocenters. The molecule has 0 saturated carbocycles. The number of aliphatic hydroxyl groups excluding tert-OH is 1. The zero-order chi connectivity index (χ0) is 21.9. The standard InChI is InChI=1S/C23H29ClN2O4/c1-16(27)13-25-21(28)26-14-23(15-26,30-20-11-7-18(24)8-12-20)29-19-9-5-17(6-10-19)22(2,3)4/h5-12,16,27H,13-15H2,1-4H3,(H,25,28)/t16-/m1/s1. The summed E-state index contributed by atoms with van der Waals surface area (Å²) in [7, 11) is 0. The predicted octanol–water partition coefficient (Wildman–Crippen LogP) is 4.20. The van der Waals surface area contributed by atoms with E-state index in [9.17, 15) is 9.90 Å². The van der Waals surface area contributed by atoms with Crippen molar-refractivity contribution in [1.29, 1.82) is 0 Å². The van der Waals surface area contributed by atoms with Gasteiger partial charge in [-0.15, -0.1) is 0 Å². The van der Waals surface area contributed by atoms with E-state index in [4.69, 9.17) is 21.1 Å². The van der Waals surface area contributed by atoms with Crippen LogP contribution in [0.25, 0.3) is 0 Å². The number of aliphatic hydroxyl groups is 1. The summed E-state index contributed by atoms with van der Waals surface area (Å²) < 4.78 is 12.4. The Morgan fingerprint density at radius 1 is 1.10 bits per heavy atom. The van der Waals surface area contributed by atoms with E-state index in [-0.39, 0.29) is 31.1 Å². The summed E-state index contributed by atoms with van der Waals surface area (Å²) in [4.78, 5) is 13.9. The van der Waals surface area contributed by atoms with Gasteiger partial charge in [-0.3, -0.25) is 0 Å². The van der Waals surface area contributed by atoms with E-state index in [1.807, 2.05) is 24.3 Å². The number of likely N-dealkylation sites (tertiary alicyclic amines) is 1. The first kappa shape index (κ1) is 22.2. The molecule has 2 aromatic rings. The highest BCUT2D eigenvalue weighted by Gasteiger charge is 2.50. The molecule has 7 heteroatoms. The highest BCUT2D eigenvalue weighted by Crippen LogP contribution is 2.33. The zero-order valence-electron chi connectivity index (χ0n) is 17.8. The first-order chi connectivity index (χ1) is 14.1. The van der Waals surface area contributed by atoms with Gasteiger partial charge < -0.3 is 24.8 Å². The number of nitrogens with zero attached hydrogens (tertiary/aromatic N) is 1. The van der Waals surface area contributed by atoms with Crippen LogP contribution in [0.3, 0.4) is 0 Å². The van der Waals surface area contributed by atoms with Gasteiger partial charge in [-0.2, -0.15) is 0 Å². The number of hydrogen-bond donors (Lipinski definition) is 2. The highest BCUT2D eigenvalue weighted by atomic mass is 35.5. The van der Waals surface area contributed by atoms with E-state index in [0.29, 0.717) is 16.5 Å². The molecule has 0 spiro atoms. The van der Waals surface area contributed by atoms with Gasteiger partial charge in [0.1, 0.15) is 24.6 Å². The lowest BCUT2D eigenvalue weighted by Gasteiger charge is -2.48. The zero-order valence-corrected chi connectivity index (χ0v) is 18.6. The Morgan fingerprint density at radius 3 is 2.07 bits per heavy atom. The van der Waals surface area contributed by atoms with Gasteiger partial charge in [0, 0.05) is 11.6 Å². The molecule has 1 aliphatic rings. The first-order valence-corrected chi connectivity index (χ1v) is 10.4. The molecule has 1 aliphatic heterocycles. The topological polar surface area (TPSA) is 71.0 Å². The number of hydrogen-bond acceptors (Lipinski definition) is 4. The number of carbonyl (C=O) groups is 1. The van der Waals surface area contributed by atoms with Gasteiger partial charge in [-0.25, -0.2) is 4.79 Å². The van der Waals surface area contributed by atoms with Gasteiger partial charge in [0.2, 0.25) is 0 Å². The average molecular weight is 433 g/mol. The summed E-state index contributed by atoms with van der Waals surface area (Å²) in [6, 6.07) is 14.7. The lowest BCUT2D eigenvalue weighted by molar-refractivity contribution is -0.190. The molecule has 2 N–H and O–H groups in total. The number of urea groups is 1. The molecule has 0 aliphatic carbocycles. The van der Waals surface area contributed by atoms with E-state index in [0.717, 1.165) is 0 Å². The van der Waals surface area contributed by atoms with Gasteiger partial charge in [0.25, 0.3) is 5.79 Å². The van der Waals surface area contributed by atoms with Crippen LogP contribution in [0.15, 0.2) is 48.5 Å². The Labute approximate surface area is 182 Å². The van der Waals surface area contributed by atoms with E-state index in [1.54, 1.807) is 36.1 Å². The van der Waals surface area contributed by atoms with Crippen molar-refractivity contribution < 1.29 is 19.4 Å². The quantitative estimate of drug-likeness (QED) is 0.671. The molecule has 0 radical (unpaired) electrons. The number of halogens is 1. The van der Waals surface area contributed by atoms with Crippen LogP contribution in [0, 0.1) is 0 Å². The molecule has 2 amide bonds. The lowest BCUT2D eigenvalue weighted by atomic mass is 9.87. The highest BCUT2D eigenvalue weighted by molar-refractivity contribution is 6.30. The minimum absolute atomic E-state index is 0.0468. The summed E-state index contributed by atoms with van der Waals surface area (Å²) in [5.74, 6) is 0.273. The molecule has 1 heterocycles. The maximum absolute atomic E-state index is 12.3. The van der Waals surface area contributed by atoms with Crippen molar-refractivity contribution in [2.45, 2.75) is 45.0 Å². The predicted molar refractivity (Wildman–Crippen MR) is 117 cm³/mol. The fourth-order valence-electron chi connectivity index (χ4n) is 3.13. The van der Waals surface area contributed by atoms with Gasteiger partial charge in [0.05, 0.1) is 6.10 Å². The van der Waals surface area contributed by atoms with Crippen LogP contribution >= 0.6 is 11.6 Å². The summed E-state index contributed by atoms with van der Waals surface area (Å²) in [6.07, 6.45) is -0.608. The molecule has 0 unspecified atom stereocenters. The summed E-state index contributed by atoms with van der Waals surface area (Å²) in [5, 5.41) is 12.7. The second-order valence-corrected chi connectivity index (χ2v) is 9.17. The molecule has 1 saturated heterocycles. The van der Waals surface area contributed by atoms with E-state index in [2.05, 4.69) is 26.1 Å². The smallest absolute Gasteiger partial charge is 0.318 e. The van der Waals surface area contributed by atoms with Crippen molar-refractivity contribution in [3.63, 3.8) is 0 Å². The number of benzene rings is 2. The number of amides is 2. The Morgan fingerprint density at radius 2 is 1.60 bits per heavy atom. The van der Waals surface area contributed by atoms with Crippen LogP contribution in [-0.4, -0.2) is 47.6 Å². The molecule has 6 nitrogen and oxygen atoms in total. The maximum Gasteiger partial charge on any atom is 0.318 e. The van der Waals surface area contributed by atoms with Crippen LogP contribution < -0.4 is 14.8 Å². The van der Waals surface area contributed by atoms with Crippen molar-refractivity contribution in [3.8, 4) is 11.5 Å². The third-order valence-electron chi connectivity index (χ3n) is 4.84. The fourth-order valence-corrected chi connectivity index (χ4v) is 3.26. The number of rotatable bonds is 6. The number of carbonyl (C=O) groups excluding carboxylic acids is 1. The minimum Gasteiger partial charge on any atom is -0.449 e. The summed E-state index contributed by atoms with van der Waals surface area (Å²) in [5.41, 5.74) is 1.25. The van der Waals surface area contributed by atoms with Crippen LogP contribution in [0.4, 0.5) is 4.79 Å². The molecule has 1 fully saturated rings. The normalized spacial score (nSPS) is 16.4. The van der Waals surface area contributed by atoms with Crippen molar-refractivity contribution in [2.75, 3.05) is 19.6 Å². The van der Waals surface area contributed by atoms with Crippen LogP contribution in [0.5, 0.6) is 11.5 Å². The Balaban J connectivity index is 1.74. The van der Waals surface area contributed by atoms with E-state index in [1.165, 1.54) is 5.56 Å². The van der Waals surface area contributed by atoms with Crippen molar-refractivity contribution >= 4 is 17.6 Å². The molecule has 0 bridgehead atoms. The third kappa shape index (κ3) is 5.58. The first-order valence-electron chi connectivity index (χ1n) is 10.0. The monoisotopic (exact) mass is 432 g/mol. The Kier molecular flexibility index (Phi) is 6.48. The molecular weight excluding hydrogens is 404 g/mol.